The molecule has 6 nitrogen and oxygen atoms in total. The Labute approximate surface area is 187 Å². The van der Waals surface area contributed by atoms with Crippen LogP contribution in [0.5, 0.6) is 0 Å². The Hall–Kier alpha value is -1.75. The van der Waals surface area contributed by atoms with Crippen LogP contribution >= 0.6 is 24.0 Å². The smallest absolute Gasteiger partial charge is 0.319 e. The first-order chi connectivity index (χ1) is 13.7. The molecule has 1 saturated heterocycles. The Kier molecular flexibility index (Phi) is 9.79. The van der Waals surface area contributed by atoms with Crippen LogP contribution in [0.3, 0.4) is 0 Å². The molecule has 1 aliphatic heterocycles. The summed E-state index contributed by atoms with van der Waals surface area (Å²) in [4.78, 5) is 10.6. The number of imidazole rings is 1. The average molecular weight is 518 g/mol. The number of nitrogens with one attached hydrogen (secondary N) is 2. The maximum absolute atomic E-state index is 12.9. The van der Waals surface area contributed by atoms with Gasteiger partial charge in [0.15, 0.2) is 5.96 Å². The van der Waals surface area contributed by atoms with Gasteiger partial charge in [-0.05, 0) is 37.1 Å². The zero-order valence-electron chi connectivity index (χ0n) is 16.7. The molecule has 0 amide bonds. The first-order valence-electron chi connectivity index (χ1n) is 9.70. The number of rotatable bonds is 7. The van der Waals surface area contributed by atoms with Gasteiger partial charge in [0, 0.05) is 32.5 Å². The molecule has 3 rings (SSSR count). The van der Waals surface area contributed by atoms with Crippen molar-refractivity contribution in [3.05, 3.63) is 53.6 Å². The molecule has 0 bridgehead atoms. The fourth-order valence-electron chi connectivity index (χ4n) is 3.37. The SMILES string of the molecule is CN=C(NCc1ccc(CN2CCCCC2)cc1)NCc1nccn1C(F)F.I. The third kappa shape index (κ3) is 7.22. The molecule has 2 N–H and O–H groups in total. The number of aliphatic imine (C=N–C) groups is 1. The van der Waals surface area contributed by atoms with Crippen molar-refractivity contribution >= 4 is 29.9 Å². The quantitative estimate of drug-likeness (QED) is 0.333. The highest BCUT2D eigenvalue weighted by atomic mass is 127. The molecule has 29 heavy (non-hydrogen) atoms. The van der Waals surface area contributed by atoms with E-state index in [0.29, 0.717) is 12.5 Å². The van der Waals surface area contributed by atoms with Crippen LogP contribution in [0.1, 0.15) is 42.8 Å². The number of piperidine rings is 1. The van der Waals surface area contributed by atoms with Crippen LogP contribution < -0.4 is 10.6 Å². The van der Waals surface area contributed by atoms with Crippen molar-refractivity contribution in [2.45, 2.75) is 45.4 Å². The van der Waals surface area contributed by atoms with E-state index in [4.69, 9.17) is 0 Å². The lowest BCUT2D eigenvalue weighted by molar-refractivity contribution is 0.0668. The van der Waals surface area contributed by atoms with Crippen LogP contribution in [-0.2, 0) is 19.6 Å². The summed E-state index contributed by atoms with van der Waals surface area (Å²) in [6, 6.07) is 8.56. The van der Waals surface area contributed by atoms with Crippen molar-refractivity contribution in [1.82, 2.24) is 25.1 Å². The van der Waals surface area contributed by atoms with E-state index in [9.17, 15) is 8.78 Å². The van der Waals surface area contributed by atoms with Gasteiger partial charge in [0.05, 0.1) is 6.54 Å². The number of guanidine groups is 1. The molecule has 1 fully saturated rings. The van der Waals surface area contributed by atoms with Crippen LogP contribution in [0.25, 0.3) is 0 Å². The van der Waals surface area contributed by atoms with Gasteiger partial charge in [0.25, 0.3) is 0 Å². The van der Waals surface area contributed by atoms with Crippen LogP contribution in [0.4, 0.5) is 8.78 Å². The number of benzene rings is 1. The van der Waals surface area contributed by atoms with E-state index in [1.165, 1.54) is 50.3 Å². The van der Waals surface area contributed by atoms with Crippen LogP contribution in [-0.4, -0.2) is 40.5 Å². The van der Waals surface area contributed by atoms with Gasteiger partial charge in [0.2, 0.25) is 0 Å². The van der Waals surface area contributed by atoms with E-state index in [-0.39, 0.29) is 36.3 Å². The Morgan fingerprint density at radius 1 is 1.07 bits per heavy atom. The van der Waals surface area contributed by atoms with Gasteiger partial charge in [-0.15, -0.1) is 24.0 Å². The second-order valence-corrected chi connectivity index (χ2v) is 6.96. The lowest BCUT2D eigenvalue weighted by Crippen LogP contribution is -2.37. The summed E-state index contributed by atoms with van der Waals surface area (Å²) in [5.74, 6) is 0.807. The number of likely N-dealkylation sites (tertiary alicyclic amines) is 1. The molecule has 0 saturated carbocycles. The molecule has 160 valence electrons. The summed E-state index contributed by atoms with van der Waals surface area (Å²) in [6.07, 6.45) is 6.58. The molecular weight excluding hydrogens is 489 g/mol. The zero-order chi connectivity index (χ0) is 19.8. The van der Waals surface area contributed by atoms with E-state index < -0.39 is 6.55 Å². The zero-order valence-corrected chi connectivity index (χ0v) is 19.0. The van der Waals surface area contributed by atoms with Gasteiger partial charge < -0.3 is 10.6 Å². The predicted molar refractivity (Wildman–Crippen MR) is 122 cm³/mol. The van der Waals surface area contributed by atoms with E-state index in [1.807, 2.05) is 0 Å². The molecule has 0 aliphatic carbocycles. The number of hydrogen-bond acceptors (Lipinski definition) is 3. The van der Waals surface area contributed by atoms with Gasteiger partial charge in [-0.2, -0.15) is 8.78 Å². The van der Waals surface area contributed by atoms with Crippen molar-refractivity contribution in [1.29, 1.82) is 0 Å². The third-order valence-electron chi connectivity index (χ3n) is 4.93. The second-order valence-electron chi connectivity index (χ2n) is 6.96. The van der Waals surface area contributed by atoms with E-state index in [1.54, 1.807) is 7.05 Å². The highest BCUT2D eigenvalue weighted by molar-refractivity contribution is 14.0. The molecule has 1 aliphatic rings. The summed E-state index contributed by atoms with van der Waals surface area (Å²) >= 11 is 0. The third-order valence-corrected chi connectivity index (χ3v) is 4.93. The lowest BCUT2D eigenvalue weighted by Gasteiger charge is -2.26. The highest BCUT2D eigenvalue weighted by Crippen LogP contribution is 2.14. The minimum Gasteiger partial charge on any atom is -0.352 e. The molecule has 1 aromatic heterocycles. The van der Waals surface area contributed by atoms with Gasteiger partial charge >= 0.3 is 6.55 Å². The number of alkyl halides is 2. The summed E-state index contributed by atoms with van der Waals surface area (Å²) in [5.41, 5.74) is 2.46. The number of halogens is 3. The van der Waals surface area contributed by atoms with Crippen LogP contribution in [0.15, 0.2) is 41.7 Å². The fourth-order valence-corrected chi connectivity index (χ4v) is 3.37. The number of aromatic nitrogens is 2. The summed E-state index contributed by atoms with van der Waals surface area (Å²) in [6.45, 7) is 1.56. The summed E-state index contributed by atoms with van der Waals surface area (Å²) in [5, 5.41) is 6.22. The first kappa shape index (κ1) is 23.5. The monoisotopic (exact) mass is 518 g/mol. The average Bonchev–Trinajstić information content (AvgIpc) is 3.19. The Morgan fingerprint density at radius 3 is 2.38 bits per heavy atom. The Morgan fingerprint density at radius 2 is 1.72 bits per heavy atom. The molecule has 9 heteroatoms. The van der Waals surface area contributed by atoms with Crippen molar-refractivity contribution in [2.24, 2.45) is 4.99 Å². The second kappa shape index (κ2) is 12.1. The standard InChI is InChI=1S/C20H28F2N6.HI/c1-23-20(26-14-18-24-9-12-28(18)19(21)22)25-13-16-5-7-17(8-6-16)15-27-10-3-2-4-11-27;/h5-9,12,19H,2-4,10-11,13-15H2,1H3,(H2,23,25,26);1H. The van der Waals surface area contributed by atoms with E-state index in [2.05, 4.69) is 49.8 Å². The molecule has 0 spiro atoms. The normalized spacial score (nSPS) is 15.2. The molecule has 0 atom stereocenters. The molecule has 0 unspecified atom stereocenters. The molecule has 2 aromatic rings. The van der Waals surface area contributed by atoms with Crippen molar-refractivity contribution in [3.8, 4) is 0 Å². The van der Waals surface area contributed by atoms with E-state index in [0.717, 1.165) is 16.7 Å². The van der Waals surface area contributed by atoms with Gasteiger partial charge in [-0.25, -0.2) is 4.98 Å². The summed E-state index contributed by atoms with van der Waals surface area (Å²) in [7, 11) is 1.65. The lowest BCUT2D eigenvalue weighted by atomic mass is 10.1. The number of hydrogen-bond donors (Lipinski definition) is 2. The van der Waals surface area contributed by atoms with E-state index >= 15 is 0 Å². The Balaban J connectivity index is 0.00000300. The molecule has 1 aromatic carbocycles. The predicted octanol–water partition coefficient (Wildman–Crippen LogP) is 3.75. The number of nitrogens with zero attached hydrogens (tertiary/aromatic N) is 4. The fraction of sp³-hybridized carbons (Fsp3) is 0.500. The van der Waals surface area contributed by atoms with Crippen LogP contribution in [0.2, 0.25) is 0 Å². The van der Waals surface area contributed by atoms with Crippen LogP contribution in [0, 0.1) is 0 Å². The minimum absolute atomic E-state index is 0. The van der Waals surface area contributed by atoms with Crippen molar-refractivity contribution in [3.63, 3.8) is 0 Å². The Bertz CT molecular complexity index is 757. The molecule has 0 radical (unpaired) electrons. The molecule has 2 heterocycles. The maximum atomic E-state index is 12.9. The van der Waals surface area contributed by atoms with Gasteiger partial charge in [-0.3, -0.25) is 14.5 Å². The highest BCUT2D eigenvalue weighted by Gasteiger charge is 2.12. The molecular formula is C20H29F2IN6. The summed E-state index contributed by atoms with van der Waals surface area (Å²) < 4.78 is 26.6. The van der Waals surface area contributed by atoms with Gasteiger partial charge in [-0.1, -0.05) is 30.7 Å². The minimum atomic E-state index is -2.60. The topological polar surface area (TPSA) is 57.5 Å². The first-order valence-corrected chi connectivity index (χ1v) is 9.70. The van der Waals surface area contributed by atoms with Crippen molar-refractivity contribution in [2.75, 3.05) is 20.1 Å². The maximum Gasteiger partial charge on any atom is 0.319 e. The van der Waals surface area contributed by atoms with Crippen molar-refractivity contribution < 1.29 is 8.78 Å². The largest absolute Gasteiger partial charge is 0.352 e. The van der Waals surface area contributed by atoms with Gasteiger partial charge in [0.1, 0.15) is 5.82 Å².